The molecule has 0 radical (unpaired) electrons. The number of para-hydroxylation sites is 1. The maximum Gasteiger partial charge on any atom is 0.358 e. The van der Waals surface area contributed by atoms with Crippen LogP contribution in [0.3, 0.4) is 0 Å². The van der Waals surface area contributed by atoms with E-state index in [9.17, 15) is 9.90 Å². The molecule has 24 heavy (non-hydrogen) atoms. The smallest absolute Gasteiger partial charge is 0.358 e. The Morgan fingerprint density at radius 3 is 2.42 bits per heavy atom. The van der Waals surface area contributed by atoms with Gasteiger partial charge in [-0.05, 0) is 43.3 Å². The van der Waals surface area contributed by atoms with Gasteiger partial charge in [0.05, 0.1) is 12.3 Å². The van der Waals surface area contributed by atoms with Crippen LogP contribution in [0.1, 0.15) is 17.4 Å². The molecule has 0 saturated carbocycles. The van der Waals surface area contributed by atoms with Crippen LogP contribution in [0.4, 0.5) is 0 Å². The third-order valence-corrected chi connectivity index (χ3v) is 3.24. The number of nitrogens with zero attached hydrogens (tertiary/aromatic N) is 2. The Morgan fingerprint density at radius 1 is 1.08 bits per heavy atom. The van der Waals surface area contributed by atoms with Gasteiger partial charge in [0.25, 0.3) is 0 Å². The van der Waals surface area contributed by atoms with Crippen molar-refractivity contribution in [3.05, 3.63) is 66.4 Å². The van der Waals surface area contributed by atoms with Crippen molar-refractivity contribution in [1.82, 2.24) is 9.78 Å². The highest BCUT2D eigenvalue weighted by Gasteiger charge is 2.15. The summed E-state index contributed by atoms with van der Waals surface area (Å²) in [6.07, 6.45) is 0. The lowest BCUT2D eigenvalue weighted by Gasteiger charge is -2.07. The summed E-state index contributed by atoms with van der Waals surface area (Å²) in [7, 11) is 0. The molecule has 3 rings (SSSR count). The minimum Gasteiger partial charge on any atom is -0.493 e. The monoisotopic (exact) mass is 324 g/mol. The zero-order valence-corrected chi connectivity index (χ0v) is 13.0. The second-order valence-electron chi connectivity index (χ2n) is 4.93. The van der Waals surface area contributed by atoms with Crippen molar-refractivity contribution in [2.75, 3.05) is 6.61 Å². The predicted molar refractivity (Wildman–Crippen MR) is 87.7 cm³/mol. The van der Waals surface area contributed by atoms with E-state index in [1.807, 2.05) is 30.3 Å². The van der Waals surface area contributed by atoms with Crippen LogP contribution < -0.4 is 4.74 Å². The summed E-state index contributed by atoms with van der Waals surface area (Å²) in [5.74, 6) is 0.671. The fraction of sp³-hybridized carbons (Fsp3) is 0.111. The van der Waals surface area contributed by atoms with Gasteiger partial charge in [-0.1, -0.05) is 18.2 Å². The van der Waals surface area contributed by atoms with Gasteiger partial charge in [0, 0.05) is 6.07 Å². The fourth-order valence-corrected chi connectivity index (χ4v) is 2.15. The highest BCUT2D eigenvalue weighted by molar-refractivity contribution is 5.87. The van der Waals surface area contributed by atoms with Crippen LogP contribution in [-0.2, 0) is 4.74 Å². The molecular weight excluding hydrogens is 308 g/mol. The number of carbonyl (C=O) groups excluding carboxylic acids is 1. The summed E-state index contributed by atoms with van der Waals surface area (Å²) < 4.78 is 11.8. The van der Waals surface area contributed by atoms with Gasteiger partial charge in [-0.15, -0.1) is 0 Å². The van der Waals surface area contributed by atoms with E-state index < -0.39 is 5.97 Å². The van der Waals surface area contributed by atoms with E-state index >= 15 is 0 Å². The molecule has 1 aromatic heterocycles. The Labute approximate surface area is 138 Å². The van der Waals surface area contributed by atoms with Crippen LogP contribution in [0.15, 0.2) is 60.7 Å². The van der Waals surface area contributed by atoms with Crippen LogP contribution in [0, 0.1) is 0 Å². The Bertz CT molecular complexity index is 826. The minimum absolute atomic E-state index is 0.0546. The van der Waals surface area contributed by atoms with E-state index in [1.54, 1.807) is 31.2 Å². The van der Waals surface area contributed by atoms with Gasteiger partial charge in [0.2, 0.25) is 5.88 Å². The van der Waals surface area contributed by atoms with Gasteiger partial charge < -0.3 is 14.6 Å². The first kappa shape index (κ1) is 15.6. The normalized spacial score (nSPS) is 10.4. The van der Waals surface area contributed by atoms with E-state index in [1.165, 1.54) is 10.7 Å². The van der Waals surface area contributed by atoms with E-state index in [0.717, 1.165) is 5.75 Å². The molecule has 0 bridgehead atoms. The average molecular weight is 324 g/mol. The molecule has 1 heterocycles. The van der Waals surface area contributed by atoms with Crippen LogP contribution in [0.2, 0.25) is 0 Å². The predicted octanol–water partition coefficient (Wildman–Crippen LogP) is 3.55. The van der Waals surface area contributed by atoms with Crippen LogP contribution in [0.25, 0.3) is 5.69 Å². The molecule has 1 N–H and O–H groups in total. The fourth-order valence-electron chi connectivity index (χ4n) is 2.15. The highest BCUT2D eigenvalue weighted by atomic mass is 16.5. The number of ether oxygens (including phenoxy) is 2. The van der Waals surface area contributed by atoms with E-state index in [0.29, 0.717) is 11.4 Å². The quantitative estimate of drug-likeness (QED) is 0.727. The molecule has 0 spiro atoms. The second-order valence-corrected chi connectivity index (χ2v) is 4.93. The van der Waals surface area contributed by atoms with Crippen LogP contribution in [0.5, 0.6) is 17.4 Å². The number of hydrogen-bond acceptors (Lipinski definition) is 5. The highest BCUT2D eigenvalue weighted by Crippen LogP contribution is 2.24. The number of hydrogen-bond donors (Lipinski definition) is 1. The Morgan fingerprint density at radius 2 is 1.75 bits per heavy atom. The summed E-state index contributed by atoms with van der Waals surface area (Å²) in [4.78, 5) is 11.7. The maximum atomic E-state index is 11.7. The number of aromatic nitrogens is 2. The van der Waals surface area contributed by atoms with Gasteiger partial charge in [0.1, 0.15) is 11.5 Å². The lowest BCUT2D eigenvalue weighted by Crippen LogP contribution is -2.06. The molecule has 3 aromatic rings. The first-order valence-electron chi connectivity index (χ1n) is 7.47. The number of rotatable bonds is 5. The number of esters is 1. The zero-order valence-electron chi connectivity index (χ0n) is 13.0. The number of carbonyl (C=O) groups is 1. The molecular formula is C18H16N2O4. The van der Waals surface area contributed by atoms with Crippen molar-refractivity contribution >= 4 is 5.97 Å². The molecule has 122 valence electrons. The third kappa shape index (κ3) is 3.38. The molecule has 6 nitrogen and oxygen atoms in total. The maximum absolute atomic E-state index is 11.7. The lowest BCUT2D eigenvalue weighted by molar-refractivity contribution is 0.0519. The van der Waals surface area contributed by atoms with Gasteiger partial charge in [-0.25, -0.2) is 9.48 Å². The molecule has 0 aliphatic rings. The molecule has 6 heteroatoms. The van der Waals surface area contributed by atoms with E-state index in [2.05, 4.69) is 5.10 Å². The summed E-state index contributed by atoms with van der Waals surface area (Å²) in [5, 5.41) is 14.0. The first-order chi connectivity index (χ1) is 11.7. The Kier molecular flexibility index (Phi) is 4.47. The molecule has 0 amide bonds. The lowest BCUT2D eigenvalue weighted by atomic mass is 10.3. The van der Waals surface area contributed by atoms with Crippen molar-refractivity contribution in [3.63, 3.8) is 0 Å². The van der Waals surface area contributed by atoms with Crippen molar-refractivity contribution in [2.24, 2.45) is 0 Å². The van der Waals surface area contributed by atoms with Gasteiger partial charge >= 0.3 is 5.97 Å². The topological polar surface area (TPSA) is 73.6 Å². The van der Waals surface area contributed by atoms with Gasteiger partial charge in [-0.2, -0.15) is 5.10 Å². The van der Waals surface area contributed by atoms with Crippen molar-refractivity contribution in [3.8, 4) is 23.1 Å². The van der Waals surface area contributed by atoms with Crippen molar-refractivity contribution < 1.29 is 19.4 Å². The van der Waals surface area contributed by atoms with Crippen molar-refractivity contribution in [2.45, 2.75) is 6.92 Å². The summed E-state index contributed by atoms with van der Waals surface area (Å²) in [6.45, 7) is 1.96. The largest absolute Gasteiger partial charge is 0.493 e. The zero-order chi connectivity index (χ0) is 16.9. The van der Waals surface area contributed by atoms with E-state index in [-0.39, 0.29) is 18.2 Å². The average Bonchev–Trinajstić information content (AvgIpc) is 2.99. The van der Waals surface area contributed by atoms with Crippen molar-refractivity contribution in [1.29, 1.82) is 0 Å². The van der Waals surface area contributed by atoms with E-state index in [4.69, 9.17) is 9.47 Å². The van der Waals surface area contributed by atoms with Gasteiger partial charge in [0.15, 0.2) is 5.69 Å². The third-order valence-electron chi connectivity index (χ3n) is 3.24. The second kappa shape index (κ2) is 6.87. The molecule has 0 atom stereocenters. The van der Waals surface area contributed by atoms with Gasteiger partial charge in [-0.3, -0.25) is 0 Å². The summed E-state index contributed by atoms with van der Waals surface area (Å²) in [5.41, 5.74) is 0.655. The molecule has 0 unspecified atom stereocenters. The SMILES string of the molecule is CCOC(=O)c1cc(O)n(-c2ccc(Oc3ccccc3)cc2)n1. The first-order valence-corrected chi connectivity index (χ1v) is 7.47. The molecule has 0 aliphatic heterocycles. The van der Waals surface area contributed by atoms with Crippen LogP contribution >= 0.6 is 0 Å². The molecule has 2 aromatic carbocycles. The van der Waals surface area contributed by atoms with Crippen LogP contribution in [-0.4, -0.2) is 27.5 Å². The summed E-state index contributed by atoms with van der Waals surface area (Å²) in [6, 6.07) is 17.7. The number of aromatic hydroxyl groups is 1. The standard InChI is InChI=1S/C18H16N2O4/c1-2-23-18(22)16-12-17(21)20(19-16)13-8-10-15(11-9-13)24-14-6-4-3-5-7-14/h3-12,21H,2H2,1H3. The summed E-state index contributed by atoms with van der Waals surface area (Å²) >= 11 is 0. The number of benzene rings is 2. The molecule has 0 saturated heterocycles. The Balaban J connectivity index is 1.79. The molecule has 0 aliphatic carbocycles. The molecule has 0 fully saturated rings. The minimum atomic E-state index is -0.574. The Hall–Kier alpha value is -3.28.